The van der Waals surface area contributed by atoms with Crippen molar-refractivity contribution in [2.24, 2.45) is 5.41 Å². The Hall–Kier alpha value is -1.06. The highest BCUT2D eigenvalue weighted by atomic mass is 16.6. The zero-order chi connectivity index (χ0) is 12.4. The van der Waals surface area contributed by atoms with Crippen molar-refractivity contribution in [3.05, 3.63) is 0 Å². The van der Waals surface area contributed by atoms with E-state index >= 15 is 0 Å². The minimum Gasteiger partial charge on any atom is -0.444 e. The van der Waals surface area contributed by atoms with Gasteiger partial charge in [-0.15, -0.1) is 0 Å². The van der Waals surface area contributed by atoms with E-state index in [9.17, 15) is 9.59 Å². The summed E-state index contributed by atoms with van der Waals surface area (Å²) in [4.78, 5) is 22.6. The van der Waals surface area contributed by atoms with Crippen LogP contribution in [0.5, 0.6) is 0 Å². The fourth-order valence-electron chi connectivity index (χ4n) is 2.02. The number of rotatable bonds is 2. The number of ether oxygens (including phenoxy) is 1. The zero-order valence-electron chi connectivity index (χ0n) is 10.5. The lowest BCUT2D eigenvalue weighted by Gasteiger charge is -2.28. The number of carbonyl (C=O) groups excluding carboxylic acids is 2. The third-order valence-corrected chi connectivity index (χ3v) is 2.96. The van der Waals surface area contributed by atoms with Crippen LogP contribution in [0.25, 0.3) is 0 Å². The molecular weight excluding hydrogens is 206 g/mol. The van der Waals surface area contributed by atoms with Crippen LogP contribution in [-0.4, -0.2) is 24.0 Å². The zero-order valence-corrected chi connectivity index (χ0v) is 10.5. The summed E-state index contributed by atoms with van der Waals surface area (Å²) in [5.41, 5.74) is -0.933. The van der Waals surface area contributed by atoms with Gasteiger partial charge in [0.1, 0.15) is 11.9 Å². The first-order chi connectivity index (χ1) is 7.27. The molecule has 0 heterocycles. The van der Waals surface area contributed by atoms with Crippen LogP contribution in [0.1, 0.15) is 47.0 Å². The molecule has 0 bridgehead atoms. The maximum atomic E-state index is 11.6. The van der Waals surface area contributed by atoms with Gasteiger partial charge in [0, 0.05) is 11.5 Å². The highest BCUT2D eigenvalue weighted by Crippen LogP contribution is 2.36. The lowest BCUT2D eigenvalue weighted by Crippen LogP contribution is -2.45. The van der Waals surface area contributed by atoms with Gasteiger partial charge in [-0.1, -0.05) is 13.3 Å². The molecule has 1 amide bonds. The second-order valence-corrected chi connectivity index (χ2v) is 5.71. The molecule has 4 nitrogen and oxygen atoms in total. The molecule has 0 aliphatic heterocycles. The fourth-order valence-corrected chi connectivity index (χ4v) is 2.02. The van der Waals surface area contributed by atoms with Crippen molar-refractivity contribution >= 4 is 12.4 Å². The Kier molecular flexibility index (Phi) is 3.61. The molecule has 1 saturated carbocycles. The Morgan fingerprint density at radius 2 is 2.12 bits per heavy atom. The Labute approximate surface area is 96.7 Å². The van der Waals surface area contributed by atoms with E-state index in [1.54, 1.807) is 0 Å². The Morgan fingerprint density at radius 3 is 2.62 bits per heavy atom. The maximum absolute atomic E-state index is 11.6. The molecule has 0 saturated heterocycles. The monoisotopic (exact) mass is 227 g/mol. The van der Waals surface area contributed by atoms with Crippen molar-refractivity contribution < 1.29 is 14.3 Å². The second kappa shape index (κ2) is 4.44. The standard InChI is InChI=1S/C12H21NO3/c1-11(2,3)16-10(15)13-9-6-5-7-12(9,4)8-14/h8-9H,5-7H2,1-4H3,(H,13,15). The van der Waals surface area contributed by atoms with E-state index in [1.807, 2.05) is 27.7 Å². The van der Waals surface area contributed by atoms with Crippen LogP contribution in [0.15, 0.2) is 0 Å². The van der Waals surface area contributed by atoms with Crippen LogP contribution < -0.4 is 5.32 Å². The van der Waals surface area contributed by atoms with Crippen molar-refractivity contribution in [3.63, 3.8) is 0 Å². The van der Waals surface area contributed by atoms with Gasteiger partial charge in [0.15, 0.2) is 0 Å². The van der Waals surface area contributed by atoms with Crippen LogP contribution in [0, 0.1) is 5.41 Å². The topological polar surface area (TPSA) is 55.4 Å². The number of hydrogen-bond acceptors (Lipinski definition) is 3. The largest absolute Gasteiger partial charge is 0.444 e. The molecule has 1 aliphatic carbocycles. The van der Waals surface area contributed by atoms with E-state index in [0.29, 0.717) is 0 Å². The highest BCUT2D eigenvalue weighted by molar-refractivity contribution is 5.70. The van der Waals surface area contributed by atoms with Crippen molar-refractivity contribution in [2.75, 3.05) is 0 Å². The van der Waals surface area contributed by atoms with E-state index in [-0.39, 0.29) is 6.04 Å². The number of carbonyl (C=O) groups is 2. The predicted molar refractivity (Wildman–Crippen MR) is 61.2 cm³/mol. The summed E-state index contributed by atoms with van der Waals surface area (Å²) in [7, 11) is 0. The summed E-state index contributed by atoms with van der Waals surface area (Å²) in [6, 6.07) is -0.0974. The first kappa shape index (κ1) is 13.0. The van der Waals surface area contributed by atoms with E-state index < -0.39 is 17.1 Å². The third kappa shape index (κ3) is 3.22. The van der Waals surface area contributed by atoms with Crippen molar-refractivity contribution in [3.8, 4) is 0 Å². The van der Waals surface area contributed by atoms with Crippen LogP contribution in [0.3, 0.4) is 0 Å². The van der Waals surface area contributed by atoms with Gasteiger partial charge in [0.25, 0.3) is 0 Å². The molecule has 2 unspecified atom stereocenters. The van der Waals surface area contributed by atoms with Gasteiger partial charge in [0.05, 0.1) is 0 Å². The number of alkyl carbamates (subject to hydrolysis) is 1. The first-order valence-corrected chi connectivity index (χ1v) is 5.73. The van der Waals surface area contributed by atoms with E-state index in [1.165, 1.54) is 0 Å². The minimum absolute atomic E-state index is 0.0974. The Bertz CT molecular complexity index is 282. The van der Waals surface area contributed by atoms with E-state index in [4.69, 9.17) is 4.74 Å². The summed E-state index contributed by atoms with van der Waals surface area (Å²) < 4.78 is 5.17. The molecular formula is C12H21NO3. The number of aldehydes is 1. The Balaban J connectivity index is 2.54. The van der Waals surface area contributed by atoms with Crippen LogP contribution in [-0.2, 0) is 9.53 Å². The normalized spacial score (nSPS) is 29.9. The molecule has 1 N–H and O–H groups in total. The number of hydrogen-bond donors (Lipinski definition) is 1. The van der Waals surface area contributed by atoms with Gasteiger partial charge in [-0.05, 0) is 33.6 Å². The summed E-state index contributed by atoms with van der Waals surface area (Å²) in [6.07, 6.45) is 3.15. The summed E-state index contributed by atoms with van der Waals surface area (Å²) in [6.45, 7) is 7.34. The molecule has 4 heteroatoms. The first-order valence-electron chi connectivity index (χ1n) is 5.73. The van der Waals surface area contributed by atoms with Crippen LogP contribution in [0.4, 0.5) is 4.79 Å². The van der Waals surface area contributed by atoms with Crippen LogP contribution in [0.2, 0.25) is 0 Å². The maximum Gasteiger partial charge on any atom is 0.407 e. The van der Waals surface area contributed by atoms with Gasteiger partial charge in [0.2, 0.25) is 0 Å². The molecule has 0 spiro atoms. The van der Waals surface area contributed by atoms with Crippen molar-refractivity contribution in [2.45, 2.75) is 58.6 Å². The number of amides is 1. The predicted octanol–water partition coefficient (Wildman–Crippen LogP) is 2.27. The molecule has 0 aromatic heterocycles. The molecule has 0 radical (unpaired) electrons. The fraction of sp³-hybridized carbons (Fsp3) is 0.833. The van der Waals surface area contributed by atoms with E-state index in [0.717, 1.165) is 25.5 Å². The van der Waals surface area contributed by atoms with Gasteiger partial charge in [-0.25, -0.2) is 4.79 Å². The van der Waals surface area contributed by atoms with E-state index in [2.05, 4.69) is 5.32 Å². The summed E-state index contributed by atoms with van der Waals surface area (Å²) >= 11 is 0. The smallest absolute Gasteiger partial charge is 0.407 e. The van der Waals surface area contributed by atoms with Crippen LogP contribution >= 0.6 is 0 Å². The number of nitrogens with one attached hydrogen (secondary N) is 1. The molecule has 0 aromatic carbocycles. The van der Waals surface area contributed by atoms with Crippen molar-refractivity contribution in [1.29, 1.82) is 0 Å². The average Bonchev–Trinajstić information content (AvgIpc) is 2.45. The van der Waals surface area contributed by atoms with Gasteiger partial charge in [-0.3, -0.25) is 0 Å². The second-order valence-electron chi connectivity index (χ2n) is 5.71. The molecule has 1 rings (SSSR count). The highest BCUT2D eigenvalue weighted by Gasteiger charge is 2.40. The molecule has 16 heavy (non-hydrogen) atoms. The minimum atomic E-state index is -0.500. The van der Waals surface area contributed by atoms with Gasteiger partial charge in [-0.2, -0.15) is 0 Å². The third-order valence-electron chi connectivity index (χ3n) is 2.96. The van der Waals surface area contributed by atoms with Crippen molar-refractivity contribution in [1.82, 2.24) is 5.32 Å². The molecule has 0 aromatic rings. The summed E-state index contributed by atoms with van der Waals surface area (Å²) in [5.74, 6) is 0. The molecule has 2 atom stereocenters. The van der Waals surface area contributed by atoms with Gasteiger partial charge >= 0.3 is 6.09 Å². The molecule has 92 valence electrons. The quantitative estimate of drug-likeness (QED) is 0.736. The lowest BCUT2D eigenvalue weighted by atomic mass is 9.87. The summed E-state index contributed by atoms with van der Waals surface area (Å²) in [5, 5.41) is 2.78. The Morgan fingerprint density at radius 1 is 1.50 bits per heavy atom. The lowest BCUT2D eigenvalue weighted by molar-refractivity contribution is -0.116. The van der Waals surface area contributed by atoms with Gasteiger partial charge < -0.3 is 14.8 Å². The SMILES string of the molecule is CC(C)(C)OC(=O)NC1CCCC1(C)C=O. The molecule has 1 fully saturated rings. The molecule has 1 aliphatic rings. The average molecular weight is 227 g/mol.